The lowest BCUT2D eigenvalue weighted by atomic mass is 9.97. The van der Waals surface area contributed by atoms with E-state index >= 15 is 4.39 Å². The second-order valence-electron chi connectivity index (χ2n) is 11.0. The Balaban J connectivity index is 1.19. The van der Waals surface area contributed by atoms with E-state index in [9.17, 15) is 9.18 Å². The van der Waals surface area contributed by atoms with Crippen molar-refractivity contribution in [3.8, 4) is 29.6 Å². The third kappa shape index (κ3) is 4.67. The summed E-state index contributed by atoms with van der Waals surface area (Å²) in [6.45, 7) is 1.90. The van der Waals surface area contributed by atoms with Gasteiger partial charge in [0.1, 0.15) is 17.0 Å². The number of halogens is 2. The van der Waals surface area contributed by atoms with Crippen molar-refractivity contribution in [3.05, 3.63) is 89.9 Å². The van der Waals surface area contributed by atoms with E-state index in [1.807, 2.05) is 35.2 Å². The Morgan fingerprint density at radius 2 is 1.80 bits per heavy atom. The number of aromatic nitrogens is 4. The van der Waals surface area contributed by atoms with Crippen LogP contribution in [0.5, 0.6) is 6.01 Å². The number of benzene rings is 2. The van der Waals surface area contributed by atoms with E-state index in [0.717, 1.165) is 16.8 Å². The van der Waals surface area contributed by atoms with Crippen LogP contribution < -0.4 is 9.64 Å². The fraction of sp³-hybridized carbons (Fsp3) is 0.206. The predicted molar refractivity (Wildman–Crippen MR) is 164 cm³/mol. The number of likely N-dealkylation sites (tertiary alicyclic amines) is 1. The number of pyridine rings is 2. The quantitative estimate of drug-likeness (QED) is 0.204. The van der Waals surface area contributed by atoms with Crippen molar-refractivity contribution in [2.24, 2.45) is 11.8 Å². The van der Waals surface area contributed by atoms with Crippen molar-refractivity contribution in [3.63, 3.8) is 0 Å². The summed E-state index contributed by atoms with van der Waals surface area (Å²) in [4.78, 5) is 34.0. The molecule has 0 N–H and O–H groups in total. The maximum absolute atomic E-state index is 16.3. The second-order valence-corrected chi connectivity index (χ2v) is 11.0. The zero-order valence-electron chi connectivity index (χ0n) is 23.7. The first-order valence-electron chi connectivity index (χ1n) is 14.2. The summed E-state index contributed by atoms with van der Waals surface area (Å²) < 4.78 is 36.5. The molecule has 44 heavy (non-hydrogen) atoms. The Bertz CT molecular complexity index is 1990. The van der Waals surface area contributed by atoms with E-state index in [2.05, 4.69) is 25.9 Å². The number of ether oxygens (including phenoxy) is 1. The average Bonchev–Trinajstić information content (AvgIpc) is 3.64. The fourth-order valence-electron chi connectivity index (χ4n) is 6.34. The third-order valence-electron chi connectivity index (χ3n) is 8.38. The lowest BCUT2D eigenvalue weighted by Crippen LogP contribution is -2.33. The van der Waals surface area contributed by atoms with Gasteiger partial charge in [-0.2, -0.15) is 9.97 Å². The van der Waals surface area contributed by atoms with Gasteiger partial charge in [-0.3, -0.25) is 14.8 Å². The first kappa shape index (κ1) is 27.4. The van der Waals surface area contributed by atoms with Gasteiger partial charge < -0.3 is 14.5 Å². The lowest BCUT2D eigenvalue weighted by Gasteiger charge is -2.23. The minimum atomic E-state index is -0.843. The summed E-state index contributed by atoms with van der Waals surface area (Å²) >= 11 is 0. The zero-order valence-corrected chi connectivity index (χ0v) is 23.7. The maximum atomic E-state index is 16.3. The van der Waals surface area contributed by atoms with Crippen LogP contribution in [-0.4, -0.2) is 64.0 Å². The number of carbonyl (C=O) groups excluding carboxylic acids is 1. The summed E-state index contributed by atoms with van der Waals surface area (Å²) in [6.07, 6.45) is 10.1. The molecule has 8 nitrogen and oxygen atoms in total. The number of methoxy groups -OCH3 is 1. The molecular weight excluding hydrogens is 562 g/mol. The van der Waals surface area contributed by atoms with Crippen molar-refractivity contribution in [1.29, 1.82) is 0 Å². The highest BCUT2D eigenvalue weighted by molar-refractivity contribution is 6.02. The number of terminal acetylenes is 1. The number of anilines is 1. The molecule has 0 bridgehead atoms. The molecule has 5 heterocycles. The van der Waals surface area contributed by atoms with Gasteiger partial charge in [0.25, 0.3) is 5.91 Å². The fourth-order valence-corrected chi connectivity index (χ4v) is 6.34. The first-order chi connectivity index (χ1) is 21.4. The number of nitrogens with zero attached hydrogens (tertiary/aromatic N) is 6. The van der Waals surface area contributed by atoms with Gasteiger partial charge in [-0.15, -0.1) is 6.42 Å². The summed E-state index contributed by atoms with van der Waals surface area (Å²) in [6, 6.07) is 16.3. The van der Waals surface area contributed by atoms with Crippen LogP contribution in [0.1, 0.15) is 11.3 Å². The van der Waals surface area contributed by atoms with Gasteiger partial charge >= 0.3 is 6.01 Å². The minimum absolute atomic E-state index is 0.0291. The highest BCUT2D eigenvalue weighted by Gasteiger charge is 2.43. The van der Waals surface area contributed by atoms with Crippen molar-refractivity contribution < 1.29 is 18.3 Å². The molecule has 2 unspecified atom stereocenters. The zero-order chi connectivity index (χ0) is 30.4. The Kier molecular flexibility index (Phi) is 6.85. The van der Waals surface area contributed by atoms with Crippen molar-refractivity contribution in [1.82, 2.24) is 24.8 Å². The molecule has 2 saturated heterocycles. The summed E-state index contributed by atoms with van der Waals surface area (Å²) in [7, 11) is 1.43. The largest absolute Gasteiger partial charge is 0.467 e. The van der Waals surface area contributed by atoms with Gasteiger partial charge in [0.15, 0.2) is 11.6 Å². The normalized spacial score (nSPS) is 18.1. The molecule has 2 aliphatic rings. The molecule has 0 radical (unpaired) electrons. The van der Waals surface area contributed by atoms with E-state index < -0.39 is 17.6 Å². The van der Waals surface area contributed by atoms with Crippen LogP contribution in [0.3, 0.4) is 0 Å². The lowest BCUT2D eigenvalue weighted by molar-refractivity contribution is -0.127. The van der Waals surface area contributed by atoms with E-state index in [4.69, 9.17) is 11.2 Å². The van der Waals surface area contributed by atoms with Crippen LogP contribution in [0.2, 0.25) is 0 Å². The Morgan fingerprint density at radius 1 is 1.02 bits per heavy atom. The van der Waals surface area contributed by atoms with Crippen LogP contribution in [0, 0.1) is 30.0 Å². The standard InChI is InChI=1S/C34H26F2N6O2/c1-3-20-8-6-9-21-10-7-12-25(28(20)21)30-29(36)31-26(15-38-30)32(40-34(39-31)44-2)41-16-22-18-42(19-23(22)17-41)33(43)27(35)14-24-11-4-5-13-37-24/h1,4-15,22-23H,16-19H2,2H3/b27-14-. The van der Waals surface area contributed by atoms with Gasteiger partial charge in [0.05, 0.1) is 18.2 Å². The molecule has 2 aromatic carbocycles. The van der Waals surface area contributed by atoms with E-state index in [1.165, 1.54) is 7.11 Å². The second kappa shape index (κ2) is 11.0. The van der Waals surface area contributed by atoms with Crippen molar-refractivity contribution >= 4 is 39.5 Å². The van der Waals surface area contributed by atoms with Crippen LogP contribution in [0.4, 0.5) is 14.6 Å². The SMILES string of the molecule is C#Cc1cccc2cccc(-c3ncc4c(N5CC6CN(C(=O)/C(F)=C/c7ccccn7)CC6C5)nc(OC)nc4c3F)c12. The number of hydrogen-bond donors (Lipinski definition) is 0. The van der Waals surface area contributed by atoms with Crippen LogP contribution in [-0.2, 0) is 4.79 Å². The topological polar surface area (TPSA) is 84.3 Å². The smallest absolute Gasteiger partial charge is 0.318 e. The van der Waals surface area contributed by atoms with Crippen LogP contribution >= 0.6 is 0 Å². The van der Waals surface area contributed by atoms with Gasteiger partial charge in [-0.25, -0.2) is 8.78 Å². The molecular formula is C34H26F2N6O2. The third-order valence-corrected chi connectivity index (χ3v) is 8.38. The molecule has 0 aliphatic carbocycles. The van der Waals surface area contributed by atoms with E-state index in [0.29, 0.717) is 54.2 Å². The number of amides is 1. The summed E-state index contributed by atoms with van der Waals surface area (Å²) in [5, 5.41) is 2.06. The van der Waals surface area contributed by atoms with Crippen molar-refractivity contribution in [2.45, 2.75) is 0 Å². The monoisotopic (exact) mass is 588 g/mol. The molecule has 2 fully saturated rings. The molecule has 3 aromatic heterocycles. The van der Waals surface area contributed by atoms with Gasteiger partial charge in [-0.1, -0.05) is 42.3 Å². The van der Waals surface area contributed by atoms with Gasteiger partial charge in [0, 0.05) is 73.0 Å². The molecule has 7 rings (SSSR count). The number of rotatable bonds is 5. The molecule has 10 heteroatoms. The molecule has 5 aromatic rings. The minimum Gasteiger partial charge on any atom is -0.467 e. The average molecular weight is 589 g/mol. The molecule has 0 spiro atoms. The molecule has 2 aliphatic heterocycles. The predicted octanol–water partition coefficient (Wildman–Crippen LogP) is 5.27. The maximum Gasteiger partial charge on any atom is 0.318 e. The molecule has 2 atom stereocenters. The van der Waals surface area contributed by atoms with Crippen LogP contribution in [0.25, 0.3) is 39.0 Å². The highest BCUT2D eigenvalue weighted by atomic mass is 19.1. The Hall–Kier alpha value is -5.43. The van der Waals surface area contributed by atoms with Gasteiger partial charge in [0.2, 0.25) is 0 Å². The summed E-state index contributed by atoms with van der Waals surface area (Å²) in [5.41, 5.74) is 1.81. The highest BCUT2D eigenvalue weighted by Crippen LogP contribution is 2.39. The Morgan fingerprint density at radius 3 is 2.50 bits per heavy atom. The van der Waals surface area contributed by atoms with E-state index in [1.54, 1.807) is 41.6 Å². The summed E-state index contributed by atoms with van der Waals surface area (Å²) in [5.74, 6) is 1.28. The van der Waals surface area contributed by atoms with Crippen molar-refractivity contribution in [2.75, 3.05) is 38.2 Å². The first-order valence-corrected chi connectivity index (χ1v) is 14.2. The molecule has 218 valence electrons. The van der Waals surface area contributed by atoms with Gasteiger partial charge in [-0.05, 0) is 23.6 Å². The number of carbonyl (C=O) groups is 1. The molecule has 1 amide bonds. The number of hydrogen-bond acceptors (Lipinski definition) is 7. The Labute approximate surface area is 252 Å². The van der Waals surface area contributed by atoms with E-state index in [-0.39, 0.29) is 29.1 Å². The molecule has 0 saturated carbocycles. The number of fused-ring (bicyclic) bond motifs is 3. The van der Waals surface area contributed by atoms with Crippen LogP contribution in [0.15, 0.2) is 72.8 Å².